The number of rotatable bonds is 7. The summed E-state index contributed by atoms with van der Waals surface area (Å²) in [7, 11) is 1.28. The van der Waals surface area contributed by atoms with E-state index in [2.05, 4.69) is 26.5 Å². The van der Waals surface area contributed by atoms with Gasteiger partial charge in [-0.05, 0) is 42.7 Å². The number of hydrogen-bond acceptors (Lipinski definition) is 8. The summed E-state index contributed by atoms with van der Waals surface area (Å²) in [5.41, 5.74) is 0.742. The van der Waals surface area contributed by atoms with E-state index in [0.29, 0.717) is 23.6 Å². The van der Waals surface area contributed by atoms with Crippen LogP contribution in [0.25, 0.3) is 0 Å². The Kier molecular flexibility index (Phi) is 9.09. The number of halogens is 2. The number of nitrogens with zero attached hydrogens (tertiary/aromatic N) is 4. The molecular formula is C30H32F2N6O6. The molecule has 12 nitrogen and oxygen atoms in total. The Labute approximate surface area is 252 Å². The van der Waals surface area contributed by atoms with Gasteiger partial charge in [-0.2, -0.15) is 5.26 Å². The Bertz CT molecular complexity index is 1520. The van der Waals surface area contributed by atoms with Crippen LogP contribution in [0, 0.1) is 23.0 Å². The van der Waals surface area contributed by atoms with Gasteiger partial charge in [-0.1, -0.05) is 18.2 Å². The lowest BCUT2D eigenvalue weighted by atomic mass is 9.93. The Balaban J connectivity index is 1.32. The van der Waals surface area contributed by atoms with Crippen LogP contribution in [0.15, 0.2) is 53.7 Å². The number of piperidine rings is 1. The van der Waals surface area contributed by atoms with E-state index in [1.54, 1.807) is 6.07 Å². The van der Waals surface area contributed by atoms with Crippen molar-refractivity contribution in [2.45, 2.75) is 37.1 Å². The van der Waals surface area contributed by atoms with E-state index >= 15 is 0 Å². The fourth-order valence-corrected chi connectivity index (χ4v) is 6.18. The molecule has 5 rings (SSSR count). The molecule has 0 spiro atoms. The number of likely N-dealkylation sites (tertiary alicyclic amines) is 1. The SMILES string of the molecule is COCC1=C(C(=O)O)[C@H](c2ccc(F)c(F)c2)N(C(=O)NC2CN(C3CCN(c4ccccc4C#N)CC3)CC2O)C(=O)N1. The number of carbonyl (C=O) groups excluding carboxylic acids is 2. The first kappa shape index (κ1) is 30.9. The standard InChI is InChI=1S/C30H32F2N6O6/c1-44-16-23-26(28(40)41)27(17-6-7-20(31)21(32)12-17)38(30(43)35-23)29(42)34-22-14-37(15-25(22)39)19-8-10-36(11-9-19)24-5-3-2-4-18(24)13-33/h2-7,12,19,22,25,27,39H,8-11,14-16H2,1H3,(H,34,42)(H,35,43)(H,40,41)/t22?,25?,27-/m0/s1. The van der Waals surface area contributed by atoms with Crippen LogP contribution in [-0.2, 0) is 9.53 Å². The molecule has 0 aromatic heterocycles. The number of urea groups is 2. The van der Waals surface area contributed by atoms with Gasteiger partial charge in [0.25, 0.3) is 0 Å². The number of amides is 4. The molecule has 3 heterocycles. The highest BCUT2D eigenvalue weighted by molar-refractivity contribution is 6.01. The number of hydrogen-bond donors (Lipinski definition) is 4. The number of carbonyl (C=O) groups is 3. The number of nitrogens with one attached hydrogen (secondary N) is 2. The Morgan fingerprint density at radius 2 is 1.86 bits per heavy atom. The molecular weight excluding hydrogens is 578 g/mol. The second kappa shape index (κ2) is 13.0. The molecule has 0 aliphatic carbocycles. The van der Waals surface area contributed by atoms with Gasteiger partial charge in [0, 0.05) is 39.3 Å². The van der Waals surface area contributed by atoms with Crippen molar-refractivity contribution >= 4 is 23.7 Å². The van der Waals surface area contributed by atoms with Gasteiger partial charge in [-0.3, -0.25) is 4.90 Å². The fourth-order valence-electron chi connectivity index (χ4n) is 6.18. The summed E-state index contributed by atoms with van der Waals surface area (Å²) in [4.78, 5) is 44.0. The maximum Gasteiger partial charge on any atom is 0.335 e. The molecule has 44 heavy (non-hydrogen) atoms. The monoisotopic (exact) mass is 610 g/mol. The lowest BCUT2D eigenvalue weighted by Crippen LogP contribution is -2.58. The van der Waals surface area contributed by atoms with Gasteiger partial charge in [-0.15, -0.1) is 0 Å². The molecule has 2 saturated heterocycles. The summed E-state index contributed by atoms with van der Waals surface area (Å²) in [5, 5.41) is 35.4. The Morgan fingerprint density at radius 1 is 1.14 bits per heavy atom. The minimum absolute atomic E-state index is 0.100. The fraction of sp³-hybridized carbons (Fsp3) is 0.400. The van der Waals surface area contributed by atoms with Gasteiger partial charge in [0.1, 0.15) is 12.1 Å². The number of imide groups is 1. The number of nitriles is 1. The van der Waals surface area contributed by atoms with Crippen LogP contribution in [0.4, 0.5) is 24.1 Å². The van der Waals surface area contributed by atoms with Crippen molar-refractivity contribution in [3.8, 4) is 6.07 Å². The smallest absolute Gasteiger partial charge is 0.335 e. The second-order valence-corrected chi connectivity index (χ2v) is 10.9. The van der Waals surface area contributed by atoms with Crippen LogP contribution in [0.1, 0.15) is 30.0 Å². The topological polar surface area (TPSA) is 158 Å². The first-order valence-corrected chi connectivity index (χ1v) is 14.1. The number of benzene rings is 2. The molecule has 2 aromatic carbocycles. The van der Waals surface area contributed by atoms with Crippen molar-refractivity contribution in [2.75, 3.05) is 44.8 Å². The summed E-state index contributed by atoms with van der Waals surface area (Å²) in [6.45, 7) is 1.62. The van der Waals surface area contributed by atoms with E-state index in [1.807, 2.05) is 18.2 Å². The molecule has 4 N–H and O–H groups in total. The van der Waals surface area contributed by atoms with Crippen LogP contribution < -0.4 is 15.5 Å². The third-order valence-corrected chi connectivity index (χ3v) is 8.30. The van der Waals surface area contributed by atoms with E-state index in [0.717, 1.165) is 36.7 Å². The normalized spacial score (nSPS) is 23.0. The first-order valence-electron chi connectivity index (χ1n) is 14.1. The Morgan fingerprint density at radius 3 is 2.52 bits per heavy atom. The number of ether oxygens (including phenoxy) is 1. The minimum Gasteiger partial charge on any atom is -0.478 e. The van der Waals surface area contributed by atoms with E-state index < -0.39 is 53.4 Å². The van der Waals surface area contributed by atoms with Crippen LogP contribution in [-0.4, -0.2) is 96.1 Å². The number of para-hydroxylation sites is 1. The predicted octanol–water partition coefficient (Wildman–Crippen LogP) is 2.31. The van der Waals surface area contributed by atoms with Gasteiger partial charge < -0.3 is 30.5 Å². The number of β-amino-alcohol motifs (C(OH)–C–C–N with tert-alkyl or cyclic N) is 1. The van der Waals surface area contributed by atoms with Crippen molar-refractivity contribution in [3.63, 3.8) is 0 Å². The van der Waals surface area contributed by atoms with Gasteiger partial charge in [0.2, 0.25) is 0 Å². The summed E-state index contributed by atoms with van der Waals surface area (Å²) < 4.78 is 33.0. The van der Waals surface area contributed by atoms with E-state index in [-0.39, 0.29) is 37.0 Å². The number of aliphatic hydroxyl groups is 1. The van der Waals surface area contributed by atoms with Crippen molar-refractivity contribution in [3.05, 3.63) is 76.5 Å². The summed E-state index contributed by atoms with van der Waals surface area (Å²) in [6, 6.07) is 7.92. The zero-order valence-corrected chi connectivity index (χ0v) is 23.9. The highest BCUT2D eigenvalue weighted by Gasteiger charge is 2.45. The molecule has 3 atom stereocenters. The molecule has 3 aliphatic heterocycles. The maximum atomic E-state index is 14.3. The van der Waals surface area contributed by atoms with E-state index in [1.165, 1.54) is 7.11 Å². The molecule has 2 fully saturated rings. The van der Waals surface area contributed by atoms with Gasteiger partial charge in [-0.25, -0.2) is 28.1 Å². The van der Waals surface area contributed by atoms with Gasteiger partial charge in [0.15, 0.2) is 11.6 Å². The number of carboxylic acid groups (broad SMARTS) is 1. The van der Waals surface area contributed by atoms with Crippen LogP contribution >= 0.6 is 0 Å². The van der Waals surface area contributed by atoms with Gasteiger partial charge in [0.05, 0.1) is 41.3 Å². The number of methoxy groups -OCH3 is 1. The molecule has 0 saturated carbocycles. The lowest BCUT2D eigenvalue weighted by Gasteiger charge is -2.38. The lowest BCUT2D eigenvalue weighted by molar-refractivity contribution is -0.133. The Hall–Kier alpha value is -4.58. The molecule has 2 aromatic rings. The quantitative estimate of drug-likeness (QED) is 0.369. The summed E-state index contributed by atoms with van der Waals surface area (Å²) in [6.07, 6.45) is 0.536. The van der Waals surface area contributed by atoms with Crippen LogP contribution in [0.3, 0.4) is 0 Å². The highest BCUT2D eigenvalue weighted by atomic mass is 19.2. The highest BCUT2D eigenvalue weighted by Crippen LogP contribution is 2.35. The van der Waals surface area contributed by atoms with Crippen LogP contribution in [0.5, 0.6) is 0 Å². The summed E-state index contributed by atoms with van der Waals surface area (Å²) >= 11 is 0. The van der Waals surface area contributed by atoms with Crippen molar-refractivity contribution in [1.29, 1.82) is 5.26 Å². The molecule has 3 aliphatic rings. The number of aliphatic carboxylic acids is 1. The zero-order valence-electron chi connectivity index (χ0n) is 23.9. The average Bonchev–Trinajstić information content (AvgIpc) is 3.37. The minimum atomic E-state index is -1.61. The first-order chi connectivity index (χ1) is 21.1. The van der Waals surface area contributed by atoms with E-state index in [4.69, 9.17) is 4.74 Å². The van der Waals surface area contributed by atoms with Crippen molar-refractivity contribution in [1.82, 2.24) is 20.4 Å². The second-order valence-electron chi connectivity index (χ2n) is 10.9. The average molecular weight is 611 g/mol. The van der Waals surface area contributed by atoms with Crippen molar-refractivity contribution in [2.24, 2.45) is 0 Å². The zero-order chi connectivity index (χ0) is 31.5. The molecule has 232 valence electrons. The maximum absolute atomic E-state index is 14.3. The largest absolute Gasteiger partial charge is 0.478 e. The summed E-state index contributed by atoms with van der Waals surface area (Å²) in [5.74, 6) is -3.96. The number of carboxylic acids is 1. The number of anilines is 1. The molecule has 14 heteroatoms. The van der Waals surface area contributed by atoms with Crippen LogP contribution in [0.2, 0.25) is 0 Å². The molecule has 0 radical (unpaired) electrons. The van der Waals surface area contributed by atoms with E-state index in [9.17, 15) is 38.6 Å². The number of aliphatic hydroxyl groups excluding tert-OH is 1. The third-order valence-electron chi connectivity index (χ3n) is 8.30. The molecule has 0 bridgehead atoms. The molecule has 4 amide bonds. The van der Waals surface area contributed by atoms with Crippen molar-refractivity contribution < 1.29 is 38.1 Å². The van der Waals surface area contributed by atoms with Gasteiger partial charge >= 0.3 is 18.0 Å². The predicted molar refractivity (Wildman–Crippen MR) is 152 cm³/mol. The molecule has 2 unspecified atom stereocenters. The third kappa shape index (κ3) is 6.07.